The third-order valence-corrected chi connectivity index (χ3v) is 14.9. The van der Waals surface area contributed by atoms with E-state index in [1.165, 1.54) is 56.6 Å². The molecule has 1 amide bonds. The number of carbonyl (C=O) groups is 1. The number of amides is 1. The summed E-state index contributed by atoms with van der Waals surface area (Å²) in [6.45, 7) is 2.20. The zero-order chi connectivity index (χ0) is 53.8. The Morgan fingerprint density at radius 2 is 1.38 bits per heavy atom. The Morgan fingerprint density at radius 1 is 0.816 bits per heavy atom. The van der Waals surface area contributed by atoms with Gasteiger partial charge in [0.2, 0.25) is 5.88 Å². The minimum absolute atomic E-state index is 0.0817. The number of halogens is 3. The average molecular weight is 1100 g/mol. The Morgan fingerprint density at radius 3 is 2.01 bits per heavy atom. The smallest absolute Gasteiger partial charge is 0.327 e. The van der Waals surface area contributed by atoms with Crippen LogP contribution >= 0.6 is 6.72 Å². The maximum atomic E-state index is 16.6. The van der Waals surface area contributed by atoms with E-state index >= 15 is 8.78 Å². The van der Waals surface area contributed by atoms with Crippen molar-refractivity contribution < 1.29 is 65.8 Å². The molecule has 3 fully saturated rings. The average Bonchev–Trinajstić information content (AvgIpc) is 4.31. The van der Waals surface area contributed by atoms with Crippen LogP contribution < -0.4 is 9.64 Å². The van der Waals surface area contributed by atoms with Gasteiger partial charge in [-0.05, 0) is 37.3 Å². The maximum Gasteiger partial charge on any atom is 0.327 e. The summed E-state index contributed by atoms with van der Waals surface area (Å²) in [5, 5.41) is 38.8. The van der Waals surface area contributed by atoms with E-state index in [-0.39, 0.29) is 54.8 Å². The number of nitrogens with zero attached hydrogens (tertiary/aromatic N) is 14. The number of fused-ring (bicyclic) bond motifs is 3. The molecule has 25 nitrogen and oxygen atoms in total. The lowest BCUT2D eigenvalue weighted by Gasteiger charge is -2.28. The largest absolute Gasteiger partial charge is 0.472 e. The van der Waals surface area contributed by atoms with Gasteiger partial charge in [0, 0.05) is 12.6 Å². The van der Waals surface area contributed by atoms with Crippen LogP contribution in [-0.2, 0) is 39.6 Å². The molecule has 9 heterocycles. The number of rotatable bonds is 18. The fraction of sp³-hybridized carbons (Fsp3) is 0.457. The third-order valence-electron chi connectivity index (χ3n) is 12.6. The molecule has 13 atom stereocenters. The van der Waals surface area contributed by atoms with Crippen molar-refractivity contribution in [2.75, 3.05) is 38.4 Å². The predicted octanol–water partition coefficient (Wildman–Crippen LogP) is 4.03. The molecule has 3 aliphatic rings. The van der Waals surface area contributed by atoms with E-state index in [9.17, 15) is 19.4 Å². The molecule has 76 heavy (non-hydrogen) atoms. The van der Waals surface area contributed by atoms with Crippen molar-refractivity contribution in [1.29, 1.82) is 5.26 Å². The Kier molecular flexibility index (Phi) is 16.7. The lowest BCUT2D eigenvalue weighted by molar-refractivity contribution is -0.0486. The number of aryl methyl sites for hydroxylation is 1. The molecule has 3 aliphatic heterocycles. The van der Waals surface area contributed by atoms with Crippen molar-refractivity contribution in [2.24, 2.45) is 0 Å². The summed E-state index contributed by atoms with van der Waals surface area (Å²) in [6.07, 6.45) is -7.08. The molecule has 0 saturated carbocycles. The number of benzene rings is 1. The summed E-state index contributed by atoms with van der Waals surface area (Å²) in [6, 6.07) is 10.6. The van der Waals surface area contributed by atoms with Gasteiger partial charge in [0.1, 0.15) is 61.6 Å². The van der Waals surface area contributed by atoms with Crippen LogP contribution in [0.3, 0.4) is 0 Å². The van der Waals surface area contributed by atoms with E-state index in [0.717, 1.165) is 0 Å². The number of imidazole rings is 3. The molecule has 0 radical (unpaired) electrons. The zero-order valence-corrected chi connectivity index (χ0v) is 42.4. The first kappa shape index (κ1) is 54.2. The highest BCUT2D eigenvalue weighted by Gasteiger charge is 2.51. The molecule has 402 valence electrons. The van der Waals surface area contributed by atoms with Gasteiger partial charge in [0.15, 0.2) is 71.0 Å². The van der Waals surface area contributed by atoms with Gasteiger partial charge in [0.25, 0.3) is 5.91 Å². The van der Waals surface area contributed by atoms with Gasteiger partial charge in [-0.1, -0.05) is 37.8 Å². The zero-order valence-electron chi connectivity index (χ0n) is 40.7. The fourth-order valence-electron chi connectivity index (χ4n) is 8.69. The highest BCUT2D eigenvalue weighted by molar-refractivity contribution is 8.07. The SMILES string of the molecule is C=CCOc1ncnc2c1ncn2[C@@H]1O[C@H](CO)[C@@H](O)[C@H]1F.CC[C@H]1O[C@@H](n2cnc3c(N(C)C(=O)c4ccccc4)ncnc32)[C@H](F)[C@@H]1OP(=S)(OCCC#N)OC[C@H]1O[C@@H](n2cnc3c(C)ncnc32)[C@H](F)[C@@H]1O. The van der Waals surface area contributed by atoms with Crippen LogP contribution in [0.5, 0.6) is 5.88 Å². The summed E-state index contributed by atoms with van der Waals surface area (Å²) in [7, 11) is 1.55. The summed E-state index contributed by atoms with van der Waals surface area (Å²) in [4.78, 5) is 52.2. The van der Waals surface area contributed by atoms with Crippen LogP contribution in [0, 0.1) is 18.3 Å². The molecule has 10 rings (SSSR count). The summed E-state index contributed by atoms with van der Waals surface area (Å²) in [5.41, 5.74) is 2.87. The molecule has 0 bridgehead atoms. The number of hydrogen-bond donors (Lipinski definition) is 3. The second-order valence-electron chi connectivity index (χ2n) is 17.3. The quantitative estimate of drug-likeness (QED) is 0.0621. The van der Waals surface area contributed by atoms with Gasteiger partial charge in [-0.15, -0.1) is 0 Å². The fourth-order valence-corrected chi connectivity index (χ4v) is 10.8. The minimum Gasteiger partial charge on any atom is -0.472 e. The second kappa shape index (κ2) is 23.4. The van der Waals surface area contributed by atoms with Crippen LogP contribution in [0.4, 0.5) is 19.0 Å². The van der Waals surface area contributed by atoms with Crippen molar-refractivity contribution in [1.82, 2.24) is 58.6 Å². The minimum atomic E-state index is -3.91. The molecule has 3 saturated heterocycles. The standard InChI is InChI=1S/C33H35F2N10O7PS.C13H15FN4O4/c1-4-20-27(23(35)33(50-20)45-17-42-25-28(38-15-40-30(25)45)43(3)31(47)19-9-6-5-7-10-19)52-53(54,48-12-8-11-36)49-13-21-26(46)22(34)32(51-21)44-16-41-24-18(2)37-14-39-29(24)44;1-2-3-21-12-9-11(15-5-16-12)18(6-17-9)13-8(14)10(20)7(4-19)22-13/h5-7,9-10,14-17,20-23,26-27,32-33,46H,4,8,12-13H2,1-3H3;2,5-8,10,13,19-20H,1,3-4H2/t20-,21-,22-,23-,26-,27-,32-,33-,53?;7-,8-,10-,13-/m11/s1. The number of aliphatic hydroxyl groups excluding tert-OH is 3. The molecule has 6 aromatic heterocycles. The van der Waals surface area contributed by atoms with E-state index in [0.29, 0.717) is 33.6 Å². The van der Waals surface area contributed by atoms with E-state index in [1.54, 1.807) is 57.3 Å². The van der Waals surface area contributed by atoms with Crippen molar-refractivity contribution in [2.45, 2.75) is 101 Å². The Balaban J connectivity index is 0.000000266. The van der Waals surface area contributed by atoms with Gasteiger partial charge in [-0.25, -0.2) is 53.0 Å². The van der Waals surface area contributed by atoms with Crippen molar-refractivity contribution in [3.63, 3.8) is 0 Å². The summed E-state index contributed by atoms with van der Waals surface area (Å²) in [5.74, 6) is 0.117. The highest BCUT2D eigenvalue weighted by Crippen LogP contribution is 2.55. The molecule has 3 N–H and O–H groups in total. The molecular weight excluding hydrogens is 1040 g/mol. The molecule has 30 heteroatoms. The highest BCUT2D eigenvalue weighted by atomic mass is 32.5. The first-order valence-electron chi connectivity index (χ1n) is 23.6. The Labute approximate surface area is 435 Å². The Bertz CT molecular complexity index is 3270. The third kappa shape index (κ3) is 10.6. The molecule has 7 aromatic rings. The van der Waals surface area contributed by atoms with Crippen molar-refractivity contribution in [3.05, 3.63) is 92.2 Å². The van der Waals surface area contributed by atoms with Gasteiger partial charge >= 0.3 is 6.72 Å². The molecule has 1 unspecified atom stereocenters. The summed E-state index contributed by atoms with van der Waals surface area (Å²) < 4.78 is 90.9. The van der Waals surface area contributed by atoms with Crippen molar-refractivity contribution in [3.8, 4) is 11.9 Å². The number of aromatic nitrogens is 12. The van der Waals surface area contributed by atoms with Crippen LogP contribution in [0.25, 0.3) is 33.5 Å². The number of aliphatic hydroxyl groups is 3. The Hall–Kier alpha value is -6.55. The van der Waals surface area contributed by atoms with Crippen molar-refractivity contribution >= 4 is 63.7 Å². The van der Waals surface area contributed by atoms with Gasteiger partial charge in [-0.3, -0.25) is 27.9 Å². The van der Waals surface area contributed by atoms with E-state index in [1.807, 2.05) is 6.07 Å². The van der Waals surface area contributed by atoms with E-state index < -0.39 is 93.8 Å². The van der Waals surface area contributed by atoms with Crippen LogP contribution in [0.2, 0.25) is 0 Å². The monoisotopic (exact) mass is 1090 g/mol. The van der Waals surface area contributed by atoms with Crippen LogP contribution in [0.15, 0.2) is 81.0 Å². The summed E-state index contributed by atoms with van der Waals surface area (Å²) >= 11 is 5.69. The van der Waals surface area contributed by atoms with Crippen LogP contribution in [-0.4, -0.2) is 168 Å². The molecule has 0 aliphatic carbocycles. The second-order valence-corrected chi connectivity index (χ2v) is 20.3. The van der Waals surface area contributed by atoms with E-state index in [2.05, 4.69) is 51.4 Å². The number of anilines is 1. The predicted molar refractivity (Wildman–Crippen MR) is 263 cm³/mol. The molecule has 0 spiro atoms. The molecule has 1 aromatic carbocycles. The number of hydrogen-bond acceptors (Lipinski definition) is 22. The maximum absolute atomic E-state index is 16.6. The lowest BCUT2D eigenvalue weighted by atomic mass is 10.1. The number of nitriles is 1. The molecular formula is C46H50F3N14O11PS. The topological polar surface area (TPSA) is 300 Å². The van der Waals surface area contributed by atoms with E-state index in [4.69, 9.17) is 54.7 Å². The normalized spacial score (nSPS) is 27.1. The van der Waals surface area contributed by atoms with Gasteiger partial charge in [0.05, 0.1) is 63.1 Å². The van der Waals surface area contributed by atoms with Gasteiger partial charge in [-0.2, -0.15) is 10.2 Å². The lowest BCUT2D eigenvalue weighted by Crippen LogP contribution is -2.33. The first-order chi connectivity index (χ1) is 36.7. The van der Waals surface area contributed by atoms with Crippen LogP contribution in [0.1, 0.15) is 54.5 Å². The number of carbonyl (C=O) groups excluding carboxylic acids is 1. The van der Waals surface area contributed by atoms with Gasteiger partial charge < -0.3 is 43.3 Å². The number of alkyl halides is 3. The number of ether oxygens (including phenoxy) is 4. The first-order valence-corrected chi connectivity index (χ1v) is 26.1.